The van der Waals surface area contributed by atoms with Crippen LogP contribution in [0.15, 0.2) is 47.4 Å². The molecule has 2 aromatic carbocycles. The molecular weight excluding hydrogens is 470 g/mol. The van der Waals surface area contributed by atoms with Gasteiger partial charge >= 0.3 is 6.09 Å². The minimum atomic E-state index is -3.97. The van der Waals surface area contributed by atoms with E-state index < -0.39 is 22.2 Å². The highest BCUT2D eigenvalue weighted by Gasteiger charge is 2.32. The molecular formula is C24H33N5O5S. The first-order valence-electron chi connectivity index (χ1n) is 11.8. The first-order chi connectivity index (χ1) is 16.7. The fourth-order valence-electron chi connectivity index (χ4n) is 4.03. The minimum Gasteiger partial charge on any atom is -0.450 e. The fourth-order valence-corrected chi connectivity index (χ4v) is 5.29. The van der Waals surface area contributed by atoms with Crippen molar-refractivity contribution in [3.8, 4) is 0 Å². The van der Waals surface area contributed by atoms with Crippen molar-refractivity contribution in [1.82, 2.24) is 14.5 Å². The van der Waals surface area contributed by atoms with Crippen molar-refractivity contribution in [2.75, 3.05) is 32.8 Å². The SMILES string of the molecule is CCOC(=O)N1CCN(C(=O)[C@H](CCCCC(=N)N)NS(=O)(=O)c2ccc3ccccc3c2)CC1. The largest absolute Gasteiger partial charge is 0.450 e. The van der Waals surface area contributed by atoms with Crippen molar-refractivity contribution >= 4 is 38.6 Å². The van der Waals surface area contributed by atoms with E-state index in [0.29, 0.717) is 45.4 Å². The lowest BCUT2D eigenvalue weighted by atomic mass is 10.1. The Morgan fingerprint density at radius 1 is 1.06 bits per heavy atom. The molecule has 2 amide bonds. The van der Waals surface area contributed by atoms with Crippen LogP contribution in [0.2, 0.25) is 0 Å². The third-order valence-corrected chi connectivity index (χ3v) is 7.40. The third kappa shape index (κ3) is 7.15. The Labute approximate surface area is 206 Å². The third-order valence-electron chi connectivity index (χ3n) is 5.93. The maximum absolute atomic E-state index is 13.3. The number of amidine groups is 1. The Kier molecular flexibility index (Phi) is 9.05. The molecule has 0 radical (unpaired) electrons. The second-order valence-electron chi connectivity index (χ2n) is 8.47. The summed E-state index contributed by atoms with van der Waals surface area (Å²) in [5.74, 6) is -0.277. The van der Waals surface area contributed by atoms with Crippen LogP contribution in [0.5, 0.6) is 0 Å². The van der Waals surface area contributed by atoms with E-state index in [1.54, 1.807) is 24.0 Å². The van der Waals surface area contributed by atoms with Gasteiger partial charge < -0.3 is 20.3 Å². The highest BCUT2D eigenvalue weighted by atomic mass is 32.2. The second kappa shape index (κ2) is 12.0. The number of amides is 2. The fraction of sp³-hybridized carbons (Fsp3) is 0.458. The first-order valence-corrected chi connectivity index (χ1v) is 13.2. The van der Waals surface area contributed by atoms with Gasteiger partial charge in [-0.2, -0.15) is 4.72 Å². The van der Waals surface area contributed by atoms with Crippen LogP contribution in [-0.4, -0.2) is 74.9 Å². The van der Waals surface area contributed by atoms with E-state index in [1.165, 1.54) is 11.0 Å². The van der Waals surface area contributed by atoms with Crippen LogP contribution in [0.1, 0.15) is 32.6 Å². The van der Waals surface area contributed by atoms with E-state index in [4.69, 9.17) is 15.9 Å². The molecule has 1 aliphatic heterocycles. The maximum atomic E-state index is 13.3. The van der Waals surface area contributed by atoms with Crippen molar-refractivity contribution in [3.05, 3.63) is 42.5 Å². The molecule has 1 heterocycles. The Balaban J connectivity index is 1.73. The molecule has 3 rings (SSSR count). The summed E-state index contributed by atoms with van der Waals surface area (Å²) in [4.78, 5) is 28.5. The zero-order chi connectivity index (χ0) is 25.4. The molecule has 11 heteroatoms. The van der Waals surface area contributed by atoms with E-state index >= 15 is 0 Å². The molecule has 35 heavy (non-hydrogen) atoms. The summed E-state index contributed by atoms with van der Waals surface area (Å²) in [6.07, 6.45) is 1.34. The van der Waals surface area contributed by atoms with Gasteiger partial charge in [-0.3, -0.25) is 10.2 Å². The van der Waals surface area contributed by atoms with Gasteiger partial charge in [-0.05, 0) is 42.7 Å². The number of rotatable bonds is 10. The summed E-state index contributed by atoms with van der Waals surface area (Å²) >= 11 is 0. The van der Waals surface area contributed by atoms with Crippen LogP contribution in [0.3, 0.4) is 0 Å². The normalized spacial score (nSPS) is 15.1. The van der Waals surface area contributed by atoms with Crippen LogP contribution < -0.4 is 10.5 Å². The molecule has 0 saturated carbocycles. The van der Waals surface area contributed by atoms with E-state index in [0.717, 1.165) is 10.8 Å². The summed E-state index contributed by atoms with van der Waals surface area (Å²) in [5.41, 5.74) is 5.42. The van der Waals surface area contributed by atoms with E-state index in [9.17, 15) is 18.0 Å². The number of fused-ring (bicyclic) bond motifs is 1. The summed E-state index contributed by atoms with van der Waals surface area (Å²) < 4.78 is 34.1. The Morgan fingerprint density at radius 2 is 1.71 bits per heavy atom. The summed E-state index contributed by atoms with van der Waals surface area (Å²) in [6, 6.07) is 11.3. The number of benzene rings is 2. The van der Waals surface area contributed by atoms with Crippen molar-refractivity contribution in [2.24, 2.45) is 5.73 Å². The number of carbonyl (C=O) groups excluding carboxylic acids is 2. The van der Waals surface area contributed by atoms with Crippen molar-refractivity contribution in [3.63, 3.8) is 0 Å². The summed E-state index contributed by atoms with van der Waals surface area (Å²) in [5, 5.41) is 9.09. The van der Waals surface area contributed by atoms with E-state index in [2.05, 4.69) is 4.72 Å². The van der Waals surface area contributed by atoms with Gasteiger partial charge in [0.15, 0.2) is 0 Å². The van der Waals surface area contributed by atoms with Gasteiger partial charge in [-0.15, -0.1) is 0 Å². The first kappa shape index (κ1) is 26.4. The van der Waals surface area contributed by atoms with Crippen LogP contribution in [0.4, 0.5) is 4.79 Å². The Hall–Kier alpha value is -3.18. The molecule has 0 aromatic heterocycles. The molecule has 190 valence electrons. The molecule has 1 atom stereocenters. The van der Waals surface area contributed by atoms with Gasteiger partial charge in [0, 0.05) is 32.6 Å². The molecule has 4 N–H and O–H groups in total. The number of hydrogen-bond acceptors (Lipinski definition) is 6. The highest BCUT2D eigenvalue weighted by molar-refractivity contribution is 7.89. The number of ether oxygens (including phenoxy) is 1. The standard InChI is InChI=1S/C24H33N5O5S/c1-2-34-24(31)29-15-13-28(14-16-29)23(30)21(9-5-6-10-22(25)26)27-35(32,33)20-12-11-18-7-3-4-8-19(18)17-20/h3-4,7-8,11-12,17,21,27H,2,5-6,9-10,13-16H2,1H3,(H3,25,26)/t21-/m0/s1. The lowest BCUT2D eigenvalue weighted by Gasteiger charge is -2.36. The molecule has 0 spiro atoms. The Bertz CT molecular complexity index is 1160. The van der Waals surface area contributed by atoms with E-state index in [-0.39, 0.29) is 29.7 Å². The molecule has 1 fully saturated rings. The molecule has 0 unspecified atom stereocenters. The number of nitrogens with two attached hydrogens (primary N) is 1. The number of hydrogen-bond donors (Lipinski definition) is 3. The monoisotopic (exact) mass is 503 g/mol. The predicted molar refractivity (Wildman–Crippen MR) is 134 cm³/mol. The lowest BCUT2D eigenvalue weighted by Crippen LogP contribution is -2.55. The van der Waals surface area contributed by atoms with Gasteiger partial charge in [0.25, 0.3) is 0 Å². The predicted octanol–water partition coefficient (Wildman–Crippen LogP) is 2.28. The van der Waals surface area contributed by atoms with Crippen LogP contribution >= 0.6 is 0 Å². The van der Waals surface area contributed by atoms with Crippen LogP contribution in [0.25, 0.3) is 10.8 Å². The topological polar surface area (TPSA) is 146 Å². The van der Waals surface area contributed by atoms with Crippen molar-refractivity contribution in [2.45, 2.75) is 43.5 Å². The van der Waals surface area contributed by atoms with Crippen LogP contribution in [-0.2, 0) is 19.6 Å². The number of nitrogens with one attached hydrogen (secondary N) is 2. The van der Waals surface area contributed by atoms with Gasteiger partial charge in [0.1, 0.15) is 6.04 Å². The van der Waals surface area contributed by atoms with Crippen molar-refractivity contribution < 1.29 is 22.7 Å². The highest BCUT2D eigenvalue weighted by Crippen LogP contribution is 2.20. The molecule has 0 bridgehead atoms. The van der Waals surface area contributed by atoms with Gasteiger partial charge in [-0.25, -0.2) is 13.2 Å². The number of carbonyl (C=O) groups is 2. The second-order valence-corrected chi connectivity index (χ2v) is 10.2. The minimum absolute atomic E-state index is 0.0553. The number of piperazine rings is 1. The lowest BCUT2D eigenvalue weighted by molar-refractivity contribution is -0.134. The molecule has 2 aromatic rings. The quantitative estimate of drug-likeness (QED) is 0.258. The van der Waals surface area contributed by atoms with Gasteiger partial charge in [-0.1, -0.05) is 36.8 Å². The number of unbranched alkanes of at least 4 members (excludes halogenated alkanes) is 1. The zero-order valence-corrected chi connectivity index (χ0v) is 20.7. The van der Waals surface area contributed by atoms with E-state index in [1.807, 2.05) is 24.3 Å². The average Bonchev–Trinajstić information content (AvgIpc) is 2.85. The summed E-state index contributed by atoms with van der Waals surface area (Å²) in [6.45, 7) is 3.23. The molecule has 10 nitrogen and oxygen atoms in total. The van der Waals surface area contributed by atoms with Crippen LogP contribution in [0, 0.1) is 5.41 Å². The average molecular weight is 504 g/mol. The smallest absolute Gasteiger partial charge is 0.409 e. The summed E-state index contributed by atoms with van der Waals surface area (Å²) in [7, 11) is -3.97. The van der Waals surface area contributed by atoms with Crippen molar-refractivity contribution in [1.29, 1.82) is 5.41 Å². The molecule has 0 aliphatic carbocycles. The van der Waals surface area contributed by atoms with Gasteiger partial charge in [0.05, 0.1) is 17.3 Å². The molecule has 1 aliphatic rings. The number of nitrogens with zero attached hydrogens (tertiary/aromatic N) is 2. The zero-order valence-electron chi connectivity index (χ0n) is 19.9. The maximum Gasteiger partial charge on any atom is 0.409 e. The molecule has 1 saturated heterocycles. The Morgan fingerprint density at radius 3 is 2.37 bits per heavy atom. The number of sulfonamides is 1. The van der Waals surface area contributed by atoms with Gasteiger partial charge in [0.2, 0.25) is 15.9 Å².